The zero-order valence-corrected chi connectivity index (χ0v) is 25.4. The van der Waals surface area contributed by atoms with Crippen LogP contribution in [0.3, 0.4) is 0 Å². The van der Waals surface area contributed by atoms with E-state index in [1.54, 1.807) is 19.1 Å². The number of cyclic esters (lactones) is 1. The number of aryl methyl sites for hydroxylation is 1. The summed E-state index contributed by atoms with van der Waals surface area (Å²) in [6, 6.07) is 6.81. The van der Waals surface area contributed by atoms with Gasteiger partial charge in [0, 0.05) is 32.2 Å². The minimum Gasteiger partial charge on any atom is -0.493 e. The number of amides is 1. The van der Waals surface area contributed by atoms with Gasteiger partial charge in [-0.05, 0) is 32.4 Å². The molecular formula is C30H43FN2O9. The largest absolute Gasteiger partial charge is 0.493 e. The second-order valence-electron chi connectivity index (χ2n) is 8.92. The van der Waals surface area contributed by atoms with Gasteiger partial charge < -0.3 is 33.7 Å². The number of hydrogen-bond donors (Lipinski definition) is 1. The van der Waals surface area contributed by atoms with Gasteiger partial charge in [0.05, 0.1) is 26.4 Å². The Balaban J connectivity index is 0.000000748. The SMILES string of the molecule is CC.CCCOC1COC[C@H](NC(=O)c2nccc(OC)c2OCOC(C)=O)C(=O)OC(C)C1.Cc1ccc(F)cc1. The fourth-order valence-electron chi connectivity index (χ4n) is 3.48. The van der Waals surface area contributed by atoms with Gasteiger partial charge in [-0.2, -0.15) is 0 Å². The van der Waals surface area contributed by atoms with Crippen molar-refractivity contribution < 1.29 is 47.2 Å². The van der Waals surface area contributed by atoms with Crippen LogP contribution in [0.15, 0.2) is 36.5 Å². The average Bonchev–Trinajstić information content (AvgIpc) is 3.03. The third-order valence-electron chi connectivity index (χ3n) is 5.43. The number of rotatable bonds is 9. The Hall–Kier alpha value is -3.77. The highest BCUT2D eigenvalue weighted by Gasteiger charge is 2.30. The van der Waals surface area contributed by atoms with Gasteiger partial charge in [0.25, 0.3) is 5.91 Å². The summed E-state index contributed by atoms with van der Waals surface area (Å²) in [6.07, 6.45) is 2.07. The van der Waals surface area contributed by atoms with E-state index in [2.05, 4.69) is 10.3 Å². The van der Waals surface area contributed by atoms with Gasteiger partial charge >= 0.3 is 11.9 Å². The first kappa shape index (κ1) is 36.3. The highest BCUT2D eigenvalue weighted by molar-refractivity contribution is 5.98. The topological polar surface area (TPSA) is 132 Å². The Labute approximate surface area is 247 Å². The summed E-state index contributed by atoms with van der Waals surface area (Å²) >= 11 is 0. The zero-order chi connectivity index (χ0) is 31.5. The van der Waals surface area contributed by atoms with Crippen LogP contribution < -0.4 is 14.8 Å². The average molecular weight is 595 g/mol. The van der Waals surface area contributed by atoms with Gasteiger partial charge in [0.15, 0.2) is 23.2 Å². The lowest BCUT2D eigenvalue weighted by molar-refractivity contribution is -0.152. The number of ether oxygens (including phenoxy) is 6. The van der Waals surface area contributed by atoms with Crippen molar-refractivity contribution in [2.45, 2.75) is 72.6 Å². The molecule has 11 nitrogen and oxygen atoms in total. The predicted molar refractivity (Wildman–Crippen MR) is 153 cm³/mol. The standard InChI is InChI=1S/C21H30N2O9.C7H7F.C2H6/c1-5-8-29-15-9-13(2)32-21(26)16(11-28-10-15)23-20(25)18-19(31-12-30-14(3)24)17(27-4)6-7-22-18;1-6-2-4-7(8)5-3-6;1-2/h6-7,13,15-16H,5,8-12H2,1-4H3,(H,23,25);2-5H,1H3;1-2H3/t13?,15?,16-;;/m0../s1. The second-order valence-corrected chi connectivity index (χ2v) is 8.92. The third kappa shape index (κ3) is 13.3. The molecule has 2 unspecified atom stereocenters. The second kappa shape index (κ2) is 20.2. The molecule has 0 saturated carbocycles. The number of pyridine rings is 1. The van der Waals surface area contributed by atoms with Crippen molar-refractivity contribution in [3.8, 4) is 11.5 Å². The Morgan fingerprint density at radius 3 is 2.43 bits per heavy atom. The number of aromatic nitrogens is 1. The quantitative estimate of drug-likeness (QED) is 0.329. The van der Waals surface area contributed by atoms with Gasteiger partial charge in [-0.1, -0.05) is 38.5 Å². The van der Waals surface area contributed by atoms with Crippen molar-refractivity contribution in [1.29, 1.82) is 0 Å². The molecule has 0 aliphatic carbocycles. The maximum atomic E-state index is 12.9. The van der Waals surface area contributed by atoms with Gasteiger partial charge in [0.2, 0.25) is 6.79 Å². The van der Waals surface area contributed by atoms with Gasteiger partial charge in [-0.25, -0.2) is 14.2 Å². The van der Waals surface area contributed by atoms with Gasteiger partial charge in [-0.15, -0.1) is 0 Å². The van der Waals surface area contributed by atoms with Crippen molar-refractivity contribution in [2.24, 2.45) is 0 Å². The van der Waals surface area contributed by atoms with Crippen LogP contribution in [-0.4, -0.2) is 74.8 Å². The number of methoxy groups -OCH3 is 1. The van der Waals surface area contributed by atoms with Crippen molar-refractivity contribution in [3.63, 3.8) is 0 Å². The first-order valence-electron chi connectivity index (χ1n) is 13.9. The molecule has 3 atom stereocenters. The summed E-state index contributed by atoms with van der Waals surface area (Å²) in [6.45, 7) is 11.2. The first-order chi connectivity index (χ1) is 20.1. The zero-order valence-electron chi connectivity index (χ0n) is 25.4. The van der Waals surface area contributed by atoms with Crippen LogP contribution in [0.1, 0.15) is 63.5 Å². The van der Waals surface area contributed by atoms with E-state index in [9.17, 15) is 18.8 Å². The molecule has 1 saturated heterocycles. The number of halogens is 1. The number of hydrogen-bond acceptors (Lipinski definition) is 10. The molecule has 1 fully saturated rings. The molecule has 1 aromatic heterocycles. The van der Waals surface area contributed by atoms with Crippen LogP contribution in [0, 0.1) is 12.7 Å². The maximum absolute atomic E-state index is 12.9. The Bertz CT molecular complexity index is 1080. The normalized spacial score (nSPS) is 18.2. The highest BCUT2D eigenvalue weighted by Crippen LogP contribution is 2.29. The fourth-order valence-corrected chi connectivity index (χ4v) is 3.48. The van der Waals surface area contributed by atoms with Crippen LogP contribution in [0.2, 0.25) is 0 Å². The summed E-state index contributed by atoms with van der Waals surface area (Å²) < 4.78 is 44.2. The molecule has 3 rings (SSSR count). The molecule has 0 bridgehead atoms. The van der Waals surface area contributed by atoms with E-state index < -0.39 is 36.8 Å². The number of esters is 2. The van der Waals surface area contributed by atoms with E-state index >= 15 is 0 Å². The summed E-state index contributed by atoms with van der Waals surface area (Å²) in [5.74, 6) is -1.90. The molecule has 2 aromatic rings. The van der Waals surface area contributed by atoms with Crippen molar-refractivity contribution in [2.75, 3.05) is 33.7 Å². The molecule has 0 spiro atoms. The summed E-state index contributed by atoms with van der Waals surface area (Å²) in [4.78, 5) is 40.5. The van der Waals surface area contributed by atoms with Crippen LogP contribution in [0.25, 0.3) is 0 Å². The third-order valence-corrected chi connectivity index (χ3v) is 5.43. The minimum absolute atomic E-state index is 0.0347. The lowest BCUT2D eigenvalue weighted by Crippen LogP contribution is -2.45. The lowest BCUT2D eigenvalue weighted by Gasteiger charge is -2.20. The number of nitrogens with one attached hydrogen (secondary N) is 1. The molecular weight excluding hydrogens is 551 g/mol. The molecule has 42 heavy (non-hydrogen) atoms. The molecule has 2 heterocycles. The van der Waals surface area contributed by atoms with Crippen molar-refractivity contribution in [1.82, 2.24) is 10.3 Å². The molecule has 1 aliphatic heterocycles. The lowest BCUT2D eigenvalue weighted by atomic mass is 10.2. The number of nitrogens with zero attached hydrogens (tertiary/aromatic N) is 1. The van der Waals surface area contributed by atoms with E-state index in [1.807, 2.05) is 27.7 Å². The van der Waals surface area contributed by atoms with Crippen LogP contribution in [-0.2, 0) is 28.5 Å². The Morgan fingerprint density at radius 2 is 1.83 bits per heavy atom. The molecule has 234 valence electrons. The Kier molecular flexibility index (Phi) is 17.4. The summed E-state index contributed by atoms with van der Waals surface area (Å²) in [5.41, 5.74) is 0.938. The van der Waals surface area contributed by atoms with Crippen LogP contribution in [0.5, 0.6) is 11.5 Å². The molecule has 1 amide bonds. The molecule has 12 heteroatoms. The van der Waals surface area contributed by atoms with E-state index in [-0.39, 0.29) is 42.3 Å². The monoisotopic (exact) mass is 594 g/mol. The summed E-state index contributed by atoms with van der Waals surface area (Å²) in [7, 11) is 1.39. The molecule has 1 aromatic carbocycles. The minimum atomic E-state index is -1.07. The van der Waals surface area contributed by atoms with E-state index in [0.717, 1.165) is 12.0 Å². The molecule has 1 aliphatic rings. The predicted octanol–water partition coefficient (Wildman–Crippen LogP) is 4.40. The number of benzene rings is 1. The fraction of sp³-hybridized carbons (Fsp3) is 0.533. The Morgan fingerprint density at radius 1 is 1.14 bits per heavy atom. The molecule has 1 N–H and O–H groups in total. The van der Waals surface area contributed by atoms with Crippen LogP contribution >= 0.6 is 0 Å². The van der Waals surface area contributed by atoms with E-state index in [0.29, 0.717) is 13.0 Å². The number of carbonyl (C=O) groups excluding carboxylic acids is 3. The van der Waals surface area contributed by atoms with Crippen LogP contribution in [0.4, 0.5) is 4.39 Å². The highest BCUT2D eigenvalue weighted by atomic mass is 19.1. The summed E-state index contributed by atoms with van der Waals surface area (Å²) in [5, 5.41) is 2.56. The van der Waals surface area contributed by atoms with Gasteiger partial charge in [-0.3, -0.25) is 9.59 Å². The first-order valence-corrected chi connectivity index (χ1v) is 13.9. The molecule has 0 radical (unpaired) electrons. The van der Waals surface area contributed by atoms with Gasteiger partial charge in [0.1, 0.15) is 11.9 Å². The van der Waals surface area contributed by atoms with E-state index in [4.69, 9.17) is 28.4 Å². The van der Waals surface area contributed by atoms with E-state index in [1.165, 1.54) is 38.4 Å². The van der Waals surface area contributed by atoms with Crippen molar-refractivity contribution in [3.05, 3.63) is 53.6 Å². The van der Waals surface area contributed by atoms with Crippen molar-refractivity contribution >= 4 is 17.8 Å². The maximum Gasteiger partial charge on any atom is 0.331 e. The smallest absolute Gasteiger partial charge is 0.331 e. The number of carbonyl (C=O) groups is 3.